The summed E-state index contributed by atoms with van der Waals surface area (Å²) in [5.41, 5.74) is -0.615. The molecule has 1 unspecified atom stereocenters. The van der Waals surface area contributed by atoms with Gasteiger partial charge in [0.2, 0.25) is 0 Å². The molecule has 1 atom stereocenters. The van der Waals surface area contributed by atoms with Crippen molar-refractivity contribution < 1.29 is 23.5 Å². The van der Waals surface area contributed by atoms with Crippen molar-refractivity contribution >= 4 is 12.4 Å². The molecule has 1 aromatic carbocycles. The van der Waals surface area contributed by atoms with Crippen LogP contribution in [0.3, 0.4) is 0 Å². The number of benzene rings is 1. The highest BCUT2D eigenvalue weighted by Crippen LogP contribution is 2.25. The molecule has 1 rings (SSSR count). The number of carbonyl (C=O) groups is 2. The fourth-order valence-electron chi connectivity index (χ4n) is 1.70. The number of hydrogen-bond acceptors (Lipinski definition) is 4. The van der Waals surface area contributed by atoms with E-state index in [1.165, 1.54) is 26.3 Å². The Balaban J connectivity index is 3.02. The fraction of sp³-hybridized carbons (Fsp3) is 0.467. The van der Waals surface area contributed by atoms with Crippen molar-refractivity contribution in [1.82, 2.24) is 4.90 Å². The molecule has 0 N–H and O–H groups in total. The molecule has 0 aliphatic carbocycles. The van der Waals surface area contributed by atoms with Gasteiger partial charge in [0, 0.05) is 18.7 Å². The molecule has 0 heterocycles. The van der Waals surface area contributed by atoms with Crippen LogP contribution in [0.1, 0.15) is 32.4 Å². The SMILES string of the molecule is COc1ccc(C(C=O)N(C)C(=O)OC(C)(C)C)c(F)c1. The largest absolute Gasteiger partial charge is 0.497 e. The summed E-state index contributed by atoms with van der Waals surface area (Å²) >= 11 is 0. The zero-order valence-corrected chi connectivity index (χ0v) is 12.8. The number of aldehydes is 1. The van der Waals surface area contributed by atoms with Gasteiger partial charge in [-0.1, -0.05) is 0 Å². The van der Waals surface area contributed by atoms with Crippen LogP contribution in [0.4, 0.5) is 9.18 Å². The van der Waals surface area contributed by atoms with Crippen LogP contribution in [0.25, 0.3) is 0 Å². The van der Waals surface area contributed by atoms with Crippen LogP contribution in [0, 0.1) is 5.82 Å². The highest BCUT2D eigenvalue weighted by Gasteiger charge is 2.28. The molecular weight excluding hydrogens is 277 g/mol. The Hall–Kier alpha value is -2.11. The van der Waals surface area contributed by atoms with E-state index in [4.69, 9.17) is 9.47 Å². The van der Waals surface area contributed by atoms with Gasteiger partial charge < -0.3 is 14.3 Å². The van der Waals surface area contributed by atoms with Crippen LogP contribution < -0.4 is 4.74 Å². The lowest BCUT2D eigenvalue weighted by atomic mass is 10.1. The highest BCUT2D eigenvalue weighted by atomic mass is 19.1. The molecule has 1 aromatic rings. The van der Waals surface area contributed by atoms with Crippen molar-refractivity contribution in [2.45, 2.75) is 32.4 Å². The van der Waals surface area contributed by atoms with E-state index >= 15 is 0 Å². The van der Waals surface area contributed by atoms with Gasteiger partial charge >= 0.3 is 6.09 Å². The molecule has 0 bridgehead atoms. The Labute approximate surface area is 123 Å². The van der Waals surface area contributed by atoms with Crippen molar-refractivity contribution in [2.75, 3.05) is 14.2 Å². The summed E-state index contributed by atoms with van der Waals surface area (Å²) in [5, 5.41) is 0. The maximum absolute atomic E-state index is 14.0. The highest BCUT2D eigenvalue weighted by molar-refractivity contribution is 5.74. The van der Waals surface area contributed by atoms with Gasteiger partial charge in [-0.25, -0.2) is 9.18 Å². The first-order chi connectivity index (χ1) is 9.69. The molecule has 0 saturated heterocycles. The van der Waals surface area contributed by atoms with Crippen molar-refractivity contribution in [1.29, 1.82) is 0 Å². The van der Waals surface area contributed by atoms with Crippen LogP contribution in [0.15, 0.2) is 18.2 Å². The molecule has 0 aliphatic heterocycles. The van der Waals surface area contributed by atoms with Gasteiger partial charge in [-0.15, -0.1) is 0 Å². The van der Waals surface area contributed by atoms with Crippen molar-refractivity contribution in [3.63, 3.8) is 0 Å². The van der Waals surface area contributed by atoms with Gasteiger partial charge in [0.1, 0.15) is 29.5 Å². The summed E-state index contributed by atoms with van der Waals surface area (Å²) in [6.07, 6.45) is -0.204. The molecule has 21 heavy (non-hydrogen) atoms. The van der Waals surface area contributed by atoms with E-state index < -0.39 is 23.6 Å². The second-order valence-electron chi connectivity index (χ2n) is 5.56. The maximum atomic E-state index is 14.0. The first-order valence-corrected chi connectivity index (χ1v) is 6.44. The Kier molecular flexibility index (Phi) is 5.29. The van der Waals surface area contributed by atoms with Gasteiger partial charge in [0.25, 0.3) is 0 Å². The number of carbonyl (C=O) groups excluding carboxylic acids is 2. The quantitative estimate of drug-likeness (QED) is 0.802. The van der Waals surface area contributed by atoms with E-state index in [-0.39, 0.29) is 5.56 Å². The van der Waals surface area contributed by atoms with Crippen molar-refractivity contribution in [2.24, 2.45) is 0 Å². The van der Waals surface area contributed by atoms with Gasteiger partial charge in [0.05, 0.1) is 7.11 Å². The molecule has 0 fully saturated rings. The molecule has 1 amide bonds. The summed E-state index contributed by atoms with van der Waals surface area (Å²) in [4.78, 5) is 24.3. The standard InChI is InChI=1S/C15H20FNO4/c1-15(2,3)21-14(19)17(4)13(9-18)11-7-6-10(20-5)8-12(11)16/h6-9,13H,1-5H3. The smallest absolute Gasteiger partial charge is 0.410 e. The third-order valence-electron chi connectivity index (χ3n) is 2.75. The summed E-state index contributed by atoms with van der Waals surface area (Å²) in [7, 11) is 2.80. The summed E-state index contributed by atoms with van der Waals surface area (Å²) < 4.78 is 24.1. The van der Waals surface area contributed by atoms with Gasteiger partial charge in [-0.2, -0.15) is 0 Å². The maximum Gasteiger partial charge on any atom is 0.410 e. The van der Waals surface area contributed by atoms with Crippen LogP contribution in [0.2, 0.25) is 0 Å². The van der Waals surface area contributed by atoms with Gasteiger partial charge in [-0.3, -0.25) is 4.90 Å². The summed E-state index contributed by atoms with van der Waals surface area (Å²) in [6.45, 7) is 5.13. The Bertz CT molecular complexity index is 525. The lowest BCUT2D eigenvalue weighted by Crippen LogP contribution is -2.37. The number of methoxy groups -OCH3 is 1. The Morgan fingerprint density at radius 1 is 1.38 bits per heavy atom. The van der Waals surface area contributed by atoms with E-state index in [9.17, 15) is 14.0 Å². The number of likely N-dealkylation sites (N-methyl/N-ethyl adjacent to an activating group) is 1. The normalized spacial score (nSPS) is 12.5. The molecule has 0 aromatic heterocycles. The van der Waals surface area contributed by atoms with Crippen LogP contribution in [-0.4, -0.2) is 37.0 Å². The topological polar surface area (TPSA) is 55.8 Å². The third-order valence-corrected chi connectivity index (χ3v) is 2.75. The van der Waals surface area contributed by atoms with E-state index in [1.807, 2.05) is 0 Å². The molecule has 6 heteroatoms. The average molecular weight is 297 g/mol. The first-order valence-electron chi connectivity index (χ1n) is 6.44. The fourth-order valence-corrected chi connectivity index (χ4v) is 1.70. The zero-order valence-electron chi connectivity index (χ0n) is 12.8. The lowest BCUT2D eigenvalue weighted by Gasteiger charge is -2.28. The van der Waals surface area contributed by atoms with E-state index in [2.05, 4.69) is 0 Å². The number of rotatable bonds is 4. The number of ether oxygens (including phenoxy) is 2. The van der Waals surface area contributed by atoms with Crippen molar-refractivity contribution in [3.8, 4) is 5.75 Å². The molecule has 0 aliphatic rings. The molecule has 0 spiro atoms. The minimum atomic E-state index is -1.06. The predicted molar refractivity (Wildman–Crippen MR) is 75.8 cm³/mol. The first kappa shape index (κ1) is 16.9. The number of amides is 1. The summed E-state index contributed by atoms with van der Waals surface area (Å²) in [5.74, 6) is -0.289. The Morgan fingerprint density at radius 3 is 2.43 bits per heavy atom. The van der Waals surface area contributed by atoms with Crippen molar-refractivity contribution in [3.05, 3.63) is 29.6 Å². The van der Waals surface area contributed by atoms with Crippen LogP contribution in [0.5, 0.6) is 5.75 Å². The molecule has 5 nitrogen and oxygen atoms in total. The monoisotopic (exact) mass is 297 g/mol. The molecule has 116 valence electrons. The van der Waals surface area contributed by atoms with E-state index in [0.29, 0.717) is 12.0 Å². The van der Waals surface area contributed by atoms with Gasteiger partial charge in [-0.05, 0) is 32.9 Å². The zero-order chi connectivity index (χ0) is 16.2. The lowest BCUT2D eigenvalue weighted by molar-refractivity contribution is -0.112. The predicted octanol–water partition coefficient (Wildman–Crippen LogP) is 2.94. The molecule has 0 radical (unpaired) electrons. The van der Waals surface area contributed by atoms with Crippen LogP contribution in [-0.2, 0) is 9.53 Å². The number of halogens is 1. The van der Waals surface area contributed by atoms with E-state index in [1.54, 1.807) is 20.8 Å². The third kappa shape index (κ3) is 4.44. The Morgan fingerprint density at radius 2 is 2.00 bits per heavy atom. The summed E-state index contributed by atoms with van der Waals surface area (Å²) in [6, 6.07) is 3.03. The molecule has 0 saturated carbocycles. The number of nitrogens with zero attached hydrogens (tertiary/aromatic N) is 1. The minimum absolute atomic E-state index is 0.0826. The van der Waals surface area contributed by atoms with Gasteiger partial charge in [0.15, 0.2) is 0 Å². The number of hydrogen-bond donors (Lipinski definition) is 0. The minimum Gasteiger partial charge on any atom is -0.497 e. The van der Waals surface area contributed by atoms with E-state index in [0.717, 1.165) is 11.0 Å². The van der Waals surface area contributed by atoms with Crippen LogP contribution >= 0.6 is 0 Å². The molecular formula is C15H20FNO4. The second kappa shape index (κ2) is 6.56. The second-order valence-corrected chi connectivity index (χ2v) is 5.56. The average Bonchev–Trinajstić information content (AvgIpc) is 2.39.